The van der Waals surface area contributed by atoms with Gasteiger partial charge in [0, 0.05) is 18.2 Å². The first-order valence-corrected chi connectivity index (χ1v) is 7.48. The smallest absolute Gasteiger partial charge is 0.401 e. The molecule has 1 aliphatic carbocycles. The minimum absolute atomic E-state index is 0.0718. The number of hydrogen-bond acceptors (Lipinski definition) is 3. The predicted molar refractivity (Wildman–Crippen MR) is 74.9 cm³/mol. The second-order valence-electron chi connectivity index (χ2n) is 5.72. The highest BCUT2D eigenvalue weighted by Crippen LogP contribution is 2.32. The van der Waals surface area contributed by atoms with Crippen LogP contribution in [0.5, 0.6) is 0 Å². The summed E-state index contributed by atoms with van der Waals surface area (Å²) < 4.78 is 43.5. The van der Waals surface area contributed by atoms with Crippen molar-refractivity contribution in [2.45, 2.75) is 58.4 Å². The molecule has 21 heavy (non-hydrogen) atoms. The number of hydrogen-bond donors (Lipinski definition) is 1. The molecule has 0 aliphatic heterocycles. The zero-order chi connectivity index (χ0) is 15.5. The molecule has 6 heteroatoms. The topological polar surface area (TPSA) is 28.4 Å². The maximum Gasteiger partial charge on any atom is 0.401 e. The molecule has 0 unspecified atom stereocenters. The molecule has 0 spiro atoms. The zero-order valence-corrected chi connectivity index (χ0v) is 12.6. The van der Waals surface area contributed by atoms with Crippen molar-refractivity contribution in [3.8, 4) is 0 Å². The van der Waals surface area contributed by atoms with Crippen LogP contribution < -0.4 is 5.32 Å². The minimum Gasteiger partial charge on any atom is -0.465 e. The van der Waals surface area contributed by atoms with E-state index in [1.807, 2.05) is 13.0 Å². The van der Waals surface area contributed by atoms with Gasteiger partial charge in [-0.1, -0.05) is 6.92 Å². The summed E-state index contributed by atoms with van der Waals surface area (Å²) >= 11 is 0. The van der Waals surface area contributed by atoms with Gasteiger partial charge in [0.25, 0.3) is 0 Å². The van der Waals surface area contributed by atoms with Gasteiger partial charge in [-0.25, -0.2) is 0 Å². The van der Waals surface area contributed by atoms with E-state index in [-0.39, 0.29) is 6.04 Å². The average Bonchev–Trinajstić information content (AvgIpc) is 3.15. The molecular formula is C15H23F3N2O. The first-order chi connectivity index (χ1) is 9.89. The third-order valence-corrected chi connectivity index (χ3v) is 3.62. The molecule has 1 fully saturated rings. The molecule has 1 aromatic heterocycles. The van der Waals surface area contributed by atoms with Crippen LogP contribution in [0.25, 0.3) is 0 Å². The fraction of sp³-hybridized carbons (Fsp3) is 0.733. The predicted octanol–water partition coefficient (Wildman–Crippen LogP) is 3.61. The van der Waals surface area contributed by atoms with E-state index in [1.54, 1.807) is 0 Å². The highest BCUT2D eigenvalue weighted by Gasteiger charge is 2.38. The molecule has 0 amide bonds. The highest BCUT2D eigenvalue weighted by atomic mass is 19.4. The van der Waals surface area contributed by atoms with Crippen LogP contribution in [0.2, 0.25) is 0 Å². The third kappa shape index (κ3) is 5.36. The molecule has 1 N–H and O–H groups in total. The first kappa shape index (κ1) is 16.4. The summed E-state index contributed by atoms with van der Waals surface area (Å²) in [4.78, 5) is 1.51. The summed E-state index contributed by atoms with van der Waals surface area (Å²) in [6.45, 7) is 4.89. The van der Waals surface area contributed by atoms with Gasteiger partial charge < -0.3 is 9.73 Å². The number of alkyl halides is 3. The molecule has 1 saturated carbocycles. The number of nitrogens with zero attached hydrogens (tertiary/aromatic N) is 1. The Kier molecular flexibility index (Phi) is 5.32. The fourth-order valence-corrected chi connectivity index (χ4v) is 2.42. The standard InChI is InChI=1S/C15H23F3N2O/c1-3-6-19-8-14-7-12(11(2)21-14)9-20(13-4-5-13)10-15(16,17)18/h7,13,19H,3-6,8-10H2,1-2H3. The Labute approximate surface area is 123 Å². The van der Waals surface area contributed by atoms with E-state index in [4.69, 9.17) is 4.42 Å². The number of aryl methyl sites for hydroxylation is 1. The molecular weight excluding hydrogens is 281 g/mol. The molecule has 0 radical (unpaired) electrons. The Morgan fingerprint density at radius 1 is 1.38 bits per heavy atom. The lowest BCUT2D eigenvalue weighted by Crippen LogP contribution is -2.35. The van der Waals surface area contributed by atoms with Crippen LogP contribution in [-0.2, 0) is 13.1 Å². The molecule has 3 nitrogen and oxygen atoms in total. The summed E-state index contributed by atoms with van der Waals surface area (Å²) in [7, 11) is 0. The first-order valence-electron chi connectivity index (χ1n) is 7.48. The van der Waals surface area contributed by atoms with E-state index in [0.717, 1.165) is 42.9 Å². The Balaban J connectivity index is 1.96. The van der Waals surface area contributed by atoms with Crippen LogP contribution in [-0.4, -0.2) is 30.2 Å². The van der Waals surface area contributed by atoms with Gasteiger partial charge in [-0.15, -0.1) is 0 Å². The van der Waals surface area contributed by atoms with Crippen molar-refractivity contribution in [3.63, 3.8) is 0 Å². The molecule has 2 rings (SSSR count). The number of rotatable bonds is 8. The summed E-state index contributed by atoms with van der Waals surface area (Å²) in [5.74, 6) is 1.51. The molecule has 0 aromatic carbocycles. The average molecular weight is 304 g/mol. The SMILES string of the molecule is CCCNCc1cc(CN(CC(F)(F)F)C2CC2)c(C)o1. The third-order valence-electron chi connectivity index (χ3n) is 3.62. The van der Waals surface area contributed by atoms with Crippen molar-refractivity contribution < 1.29 is 17.6 Å². The van der Waals surface area contributed by atoms with Gasteiger partial charge in [0.15, 0.2) is 0 Å². The number of furan rings is 1. The minimum atomic E-state index is -4.15. The maximum absolute atomic E-state index is 12.6. The molecule has 0 saturated heterocycles. The van der Waals surface area contributed by atoms with E-state index in [1.165, 1.54) is 4.90 Å². The second-order valence-corrected chi connectivity index (χ2v) is 5.72. The number of halogens is 3. The van der Waals surface area contributed by atoms with Crippen LogP contribution in [0.3, 0.4) is 0 Å². The lowest BCUT2D eigenvalue weighted by molar-refractivity contribution is -0.148. The van der Waals surface area contributed by atoms with Gasteiger partial charge in [-0.2, -0.15) is 13.2 Å². The zero-order valence-electron chi connectivity index (χ0n) is 12.6. The quantitative estimate of drug-likeness (QED) is 0.744. The molecule has 0 atom stereocenters. The summed E-state index contributed by atoms with van der Waals surface area (Å²) in [6, 6.07) is 1.95. The van der Waals surface area contributed by atoms with E-state index in [0.29, 0.717) is 13.1 Å². The van der Waals surface area contributed by atoms with Gasteiger partial charge in [0.1, 0.15) is 11.5 Å². The van der Waals surface area contributed by atoms with Crippen molar-refractivity contribution in [2.24, 2.45) is 0 Å². The Bertz CT molecular complexity index is 452. The Morgan fingerprint density at radius 3 is 2.67 bits per heavy atom. The lowest BCUT2D eigenvalue weighted by Gasteiger charge is -2.22. The molecule has 1 aliphatic rings. The van der Waals surface area contributed by atoms with Crippen LogP contribution in [0.1, 0.15) is 43.3 Å². The Hall–Kier alpha value is -1.01. The number of nitrogens with one attached hydrogen (secondary N) is 1. The van der Waals surface area contributed by atoms with Crippen LogP contribution >= 0.6 is 0 Å². The van der Waals surface area contributed by atoms with Crippen LogP contribution in [0.15, 0.2) is 10.5 Å². The van der Waals surface area contributed by atoms with Crippen LogP contribution in [0, 0.1) is 6.92 Å². The van der Waals surface area contributed by atoms with E-state index in [2.05, 4.69) is 12.2 Å². The van der Waals surface area contributed by atoms with Gasteiger partial charge in [0.2, 0.25) is 0 Å². The van der Waals surface area contributed by atoms with Crippen LogP contribution in [0.4, 0.5) is 13.2 Å². The van der Waals surface area contributed by atoms with E-state index in [9.17, 15) is 13.2 Å². The monoisotopic (exact) mass is 304 g/mol. The van der Waals surface area contributed by atoms with E-state index < -0.39 is 12.7 Å². The highest BCUT2D eigenvalue weighted by molar-refractivity contribution is 5.21. The summed E-state index contributed by atoms with van der Waals surface area (Å²) in [5.41, 5.74) is 0.861. The largest absolute Gasteiger partial charge is 0.465 e. The fourth-order valence-electron chi connectivity index (χ4n) is 2.42. The van der Waals surface area contributed by atoms with Gasteiger partial charge in [-0.3, -0.25) is 4.90 Å². The van der Waals surface area contributed by atoms with Gasteiger partial charge in [-0.05, 0) is 38.8 Å². The lowest BCUT2D eigenvalue weighted by atomic mass is 10.2. The maximum atomic E-state index is 12.6. The van der Waals surface area contributed by atoms with Crippen molar-refractivity contribution >= 4 is 0 Å². The molecule has 1 aromatic rings. The summed E-state index contributed by atoms with van der Waals surface area (Å²) in [5, 5.41) is 3.23. The molecule has 1 heterocycles. The second kappa shape index (κ2) is 6.83. The molecule has 0 bridgehead atoms. The van der Waals surface area contributed by atoms with Crippen molar-refractivity contribution in [3.05, 3.63) is 23.2 Å². The van der Waals surface area contributed by atoms with Crippen molar-refractivity contribution in [1.29, 1.82) is 0 Å². The summed E-state index contributed by atoms with van der Waals surface area (Å²) in [6.07, 6.45) is -1.39. The van der Waals surface area contributed by atoms with Gasteiger partial charge >= 0.3 is 6.18 Å². The van der Waals surface area contributed by atoms with Gasteiger partial charge in [0.05, 0.1) is 13.1 Å². The van der Waals surface area contributed by atoms with Crippen molar-refractivity contribution in [2.75, 3.05) is 13.1 Å². The van der Waals surface area contributed by atoms with E-state index >= 15 is 0 Å². The normalized spacial score (nSPS) is 15.9. The molecule has 120 valence electrons. The Morgan fingerprint density at radius 2 is 2.10 bits per heavy atom. The van der Waals surface area contributed by atoms with Crippen molar-refractivity contribution in [1.82, 2.24) is 10.2 Å².